The van der Waals surface area contributed by atoms with Crippen molar-refractivity contribution in [3.63, 3.8) is 0 Å². The predicted octanol–water partition coefficient (Wildman–Crippen LogP) is 8.38. The Balaban J connectivity index is 1.61. The molecule has 4 nitrogen and oxygen atoms in total. The van der Waals surface area contributed by atoms with Crippen molar-refractivity contribution in [1.29, 1.82) is 0 Å². The molecule has 0 heterocycles. The molecule has 0 radical (unpaired) electrons. The van der Waals surface area contributed by atoms with Crippen LogP contribution in [0.5, 0.6) is 0 Å². The van der Waals surface area contributed by atoms with Gasteiger partial charge in [0.05, 0.1) is 13.2 Å². The van der Waals surface area contributed by atoms with Gasteiger partial charge in [0.25, 0.3) is 0 Å². The topological polar surface area (TPSA) is 38.8 Å². The van der Waals surface area contributed by atoms with E-state index in [-0.39, 0.29) is 0 Å². The Morgan fingerprint density at radius 2 is 1.19 bits per heavy atom. The number of benzene rings is 3. The highest BCUT2D eigenvalue weighted by Gasteiger charge is 2.12. The Bertz CT molecular complexity index is 1190. The first-order valence-electron chi connectivity index (χ1n) is 12.4. The van der Waals surface area contributed by atoms with Crippen LogP contribution in [0.15, 0.2) is 117 Å². The van der Waals surface area contributed by atoms with Crippen LogP contribution in [0.2, 0.25) is 0 Å². The van der Waals surface area contributed by atoms with E-state index >= 15 is 0 Å². The largest absolute Gasteiger partial charge is 0.494 e. The molecular formula is C33H35NO3. The molecule has 3 aromatic rings. The number of rotatable bonds is 13. The molecule has 0 atom stereocenters. The number of esters is 1. The quantitative estimate of drug-likeness (QED) is 0.0788. The monoisotopic (exact) mass is 493 g/mol. The van der Waals surface area contributed by atoms with Crippen molar-refractivity contribution in [3.05, 3.63) is 133 Å². The van der Waals surface area contributed by atoms with Crippen LogP contribution in [0.1, 0.15) is 29.5 Å². The van der Waals surface area contributed by atoms with Crippen LogP contribution >= 0.6 is 0 Å². The van der Waals surface area contributed by atoms with Gasteiger partial charge in [0.1, 0.15) is 5.76 Å². The van der Waals surface area contributed by atoms with Crippen molar-refractivity contribution < 1.29 is 14.3 Å². The molecule has 0 N–H and O–H groups in total. The summed E-state index contributed by atoms with van der Waals surface area (Å²) in [5.41, 5.74) is 7.62. The van der Waals surface area contributed by atoms with Crippen LogP contribution in [-0.2, 0) is 14.3 Å². The lowest BCUT2D eigenvalue weighted by Crippen LogP contribution is -2.09. The molecule has 190 valence electrons. The molecule has 0 aliphatic rings. The number of carbonyl (C=O) groups excluding carboxylic acids is 1. The Kier molecular flexibility index (Phi) is 10.1. The number of carbonyl (C=O) groups is 1. The Labute approximate surface area is 220 Å². The zero-order valence-corrected chi connectivity index (χ0v) is 21.8. The van der Waals surface area contributed by atoms with Crippen LogP contribution in [0.4, 0.5) is 17.1 Å². The van der Waals surface area contributed by atoms with Crippen LogP contribution < -0.4 is 4.90 Å². The minimum atomic E-state index is -0.405. The summed E-state index contributed by atoms with van der Waals surface area (Å²) in [5, 5.41) is 0. The van der Waals surface area contributed by atoms with Gasteiger partial charge < -0.3 is 14.4 Å². The number of anilines is 3. The summed E-state index contributed by atoms with van der Waals surface area (Å²) in [4.78, 5) is 13.3. The fourth-order valence-corrected chi connectivity index (χ4v) is 3.64. The third-order valence-electron chi connectivity index (χ3n) is 5.79. The average molecular weight is 494 g/mol. The van der Waals surface area contributed by atoms with Gasteiger partial charge in [-0.2, -0.15) is 0 Å². The van der Waals surface area contributed by atoms with E-state index in [0.29, 0.717) is 19.0 Å². The maximum atomic E-state index is 11.0. The molecule has 0 aromatic heterocycles. The van der Waals surface area contributed by atoms with Crippen LogP contribution in [0.25, 0.3) is 5.57 Å². The van der Waals surface area contributed by atoms with Crippen molar-refractivity contribution >= 4 is 28.6 Å². The van der Waals surface area contributed by atoms with Crippen molar-refractivity contribution in [2.45, 2.75) is 26.7 Å². The molecule has 0 spiro atoms. The highest BCUT2D eigenvalue weighted by atomic mass is 16.5. The van der Waals surface area contributed by atoms with Gasteiger partial charge in [0.2, 0.25) is 0 Å². The summed E-state index contributed by atoms with van der Waals surface area (Å²) in [6.45, 7) is 16.6. The number of hydrogen-bond donors (Lipinski definition) is 0. The normalized spacial score (nSPS) is 10.6. The summed E-state index contributed by atoms with van der Waals surface area (Å²) in [6.07, 6.45) is 6.36. The molecule has 0 aliphatic carbocycles. The third-order valence-corrected chi connectivity index (χ3v) is 5.79. The molecule has 0 bridgehead atoms. The molecular weight excluding hydrogens is 458 g/mol. The first-order chi connectivity index (χ1) is 17.9. The van der Waals surface area contributed by atoms with Gasteiger partial charge in [0.15, 0.2) is 0 Å². The molecule has 0 unspecified atom stereocenters. The first-order valence-corrected chi connectivity index (χ1v) is 12.4. The Morgan fingerprint density at radius 3 is 1.68 bits per heavy atom. The molecule has 3 aromatic carbocycles. The summed E-state index contributed by atoms with van der Waals surface area (Å²) >= 11 is 0. The molecule has 37 heavy (non-hydrogen) atoms. The first kappa shape index (κ1) is 27.3. The lowest BCUT2D eigenvalue weighted by molar-refractivity contribution is -0.137. The molecule has 0 saturated carbocycles. The van der Waals surface area contributed by atoms with Gasteiger partial charge in [-0.1, -0.05) is 73.3 Å². The molecule has 0 amide bonds. The van der Waals surface area contributed by atoms with Gasteiger partial charge in [-0.25, -0.2) is 4.79 Å². The third kappa shape index (κ3) is 8.39. The summed E-state index contributed by atoms with van der Waals surface area (Å²) in [6, 6.07) is 25.5. The van der Waals surface area contributed by atoms with E-state index in [0.717, 1.165) is 47.1 Å². The minimum Gasteiger partial charge on any atom is -0.494 e. The predicted molar refractivity (Wildman–Crippen MR) is 154 cm³/mol. The van der Waals surface area contributed by atoms with E-state index in [1.165, 1.54) is 11.1 Å². The summed E-state index contributed by atoms with van der Waals surface area (Å²) < 4.78 is 10.6. The van der Waals surface area contributed by atoms with Crippen molar-refractivity contribution in [3.8, 4) is 0 Å². The maximum absolute atomic E-state index is 11.0. The highest BCUT2D eigenvalue weighted by molar-refractivity contribution is 5.81. The van der Waals surface area contributed by atoms with E-state index in [4.69, 9.17) is 9.47 Å². The van der Waals surface area contributed by atoms with Crippen LogP contribution in [-0.4, -0.2) is 19.2 Å². The number of hydrogen-bond acceptors (Lipinski definition) is 4. The Morgan fingerprint density at radius 1 is 0.730 bits per heavy atom. The van der Waals surface area contributed by atoms with Crippen LogP contribution in [0, 0.1) is 13.8 Å². The molecule has 0 fully saturated rings. The minimum absolute atomic E-state index is 0.356. The fraction of sp³-hybridized carbons (Fsp3) is 0.182. The Hall–Kier alpha value is -4.31. The molecule has 0 saturated heterocycles. The second-order valence-corrected chi connectivity index (χ2v) is 8.81. The van der Waals surface area contributed by atoms with Crippen molar-refractivity contribution in [1.82, 2.24) is 0 Å². The number of unbranched alkanes of at least 4 members (excludes halogenated alkanes) is 1. The van der Waals surface area contributed by atoms with E-state index in [1.54, 1.807) is 0 Å². The van der Waals surface area contributed by atoms with Gasteiger partial charge in [-0.3, -0.25) is 0 Å². The zero-order valence-electron chi connectivity index (χ0n) is 21.8. The number of allylic oxidation sites excluding steroid dienone is 3. The van der Waals surface area contributed by atoms with Crippen molar-refractivity contribution in [2.75, 3.05) is 18.1 Å². The van der Waals surface area contributed by atoms with Crippen molar-refractivity contribution in [2.24, 2.45) is 0 Å². The standard InChI is InChI=1S/C33H35NO3/c1-6-33(35)37-24-8-7-23-36-28(5)14-13-27(4)29-15-21-32(22-16-29)34(30-17-9-25(2)10-18-30)31-19-11-26(3)12-20-31/h6,9-22H,1,4-5,7-8,23-24H2,2-3H3/b14-13-. The maximum Gasteiger partial charge on any atom is 0.330 e. The fourth-order valence-electron chi connectivity index (χ4n) is 3.64. The zero-order chi connectivity index (χ0) is 26.6. The van der Waals surface area contributed by atoms with Gasteiger partial charge >= 0.3 is 5.97 Å². The van der Waals surface area contributed by atoms with E-state index in [9.17, 15) is 4.79 Å². The second-order valence-electron chi connectivity index (χ2n) is 8.81. The molecule has 4 heteroatoms. The molecule has 0 aliphatic heterocycles. The van der Waals surface area contributed by atoms with E-state index in [1.807, 2.05) is 12.2 Å². The highest BCUT2D eigenvalue weighted by Crippen LogP contribution is 2.35. The van der Waals surface area contributed by atoms with E-state index < -0.39 is 5.97 Å². The number of nitrogens with zero attached hydrogens (tertiary/aromatic N) is 1. The molecule has 3 rings (SSSR count). The van der Waals surface area contributed by atoms with Gasteiger partial charge in [-0.15, -0.1) is 0 Å². The number of aryl methyl sites for hydroxylation is 2. The van der Waals surface area contributed by atoms with Gasteiger partial charge in [0, 0.05) is 23.1 Å². The lowest BCUT2D eigenvalue weighted by atomic mass is 10.1. The van der Waals surface area contributed by atoms with E-state index in [2.05, 4.69) is 111 Å². The smallest absolute Gasteiger partial charge is 0.330 e. The number of ether oxygens (including phenoxy) is 2. The summed E-state index contributed by atoms with van der Waals surface area (Å²) in [7, 11) is 0. The average Bonchev–Trinajstić information content (AvgIpc) is 2.91. The second kappa shape index (κ2) is 13.7. The lowest BCUT2D eigenvalue weighted by Gasteiger charge is -2.26. The summed E-state index contributed by atoms with van der Waals surface area (Å²) in [5.74, 6) is 0.156. The van der Waals surface area contributed by atoms with Crippen LogP contribution in [0.3, 0.4) is 0 Å². The SMILES string of the molecule is C=CC(=O)OCCCCOC(=C)/C=C\C(=C)c1ccc(N(c2ccc(C)cc2)c2ccc(C)cc2)cc1. The van der Waals surface area contributed by atoms with Gasteiger partial charge in [-0.05, 0) is 80.3 Å².